The SMILES string of the molecule is CC(C)(C)CN1C(=O)C(O)=C(c2ccccc2)C12C(=O)Nc1cc(Cl)ccc12. The third-order valence-corrected chi connectivity index (χ3v) is 5.33. The molecule has 2 amide bonds. The molecule has 2 heterocycles. The average molecular weight is 397 g/mol. The number of nitrogens with zero attached hydrogens (tertiary/aromatic N) is 1. The second-order valence-electron chi connectivity index (χ2n) is 8.40. The van der Waals surface area contributed by atoms with Crippen LogP contribution in [0.15, 0.2) is 54.3 Å². The number of aliphatic hydroxyl groups excluding tert-OH is 1. The van der Waals surface area contributed by atoms with Crippen molar-refractivity contribution in [1.82, 2.24) is 4.90 Å². The summed E-state index contributed by atoms with van der Waals surface area (Å²) in [6.07, 6.45) is 0. The van der Waals surface area contributed by atoms with Gasteiger partial charge in [-0.25, -0.2) is 0 Å². The number of hydrogen-bond donors (Lipinski definition) is 2. The van der Waals surface area contributed by atoms with Gasteiger partial charge in [0.15, 0.2) is 11.3 Å². The second-order valence-corrected chi connectivity index (χ2v) is 8.83. The van der Waals surface area contributed by atoms with Crippen molar-refractivity contribution in [3.8, 4) is 0 Å². The van der Waals surface area contributed by atoms with Crippen molar-refractivity contribution >= 4 is 34.7 Å². The van der Waals surface area contributed by atoms with E-state index in [0.717, 1.165) is 0 Å². The summed E-state index contributed by atoms with van der Waals surface area (Å²) in [5, 5.41) is 14.2. The van der Waals surface area contributed by atoms with Gasteiger partial charge in [0.25, 0.3) is 11.8 Å². The van der Waals surface area contributed by atoms with Crippen LogP contribution in [0.5, 0.6) is 0 Å². The van der Waals surface area contributed by atoms with Crippen LogP contribution >= 0.6 is 11.6 Å². The number of nitrogens with one attached hydrogen (secondary N) is 1. The lowest BCUT2D eigenvalue weighted by Gasteiger charge is -2.39. The third-order valence-electron chi connectivity index (χ3n) is 5.09. The molecule has 0 radical (unpaired) electrons. The molecule has 144 valence electrons. The molecule has 0 aliphatic carbocycles. The van der Waals surface area contributed by atoms with Crippen LogP contribution in [0.4, 0.5) is 5.69 Å². The van der Waals surface area contributed by atoms with Gasteiger partial charge in [-0.2, -0.15) is 0 Å². The van der Waals surface area contributed by atoms with Gasteiger partial charge in [0, 0.05) is 28.4 Å². The zero-order valence-electron chi connectivity index (χ0n) is 15.9. The number of rotatable bonds is 2. The molecule has 2 aromatic carbocycles. The van der Waals surface area contributed by atoms with Crippen molar-refractivity contribution in [3.05, 3.63) is 70.4 Å². The van der Waals surface area contributed by atoms with E-state index in [1.807, 2.05) is 39.0 Å². The Morgan fingerprint density at radius 1 is 1.11 bits per heavy atom. The summed E-state index contributed by atoms with van der Waals surface area (Å²) in [6, 6.07) is 14.2. The summed E-state index contributed by atoms with van der Waals surface area (Å²) in [5.41, 5.74) is 0.374. The monoisotopic (exact) mass is 396 g/mol. The molecular formula is C22H21ClN2O3. The Morgan fingerprint density at radius 3 is 2.43 bits per heavy atom. The van der Waals surface area contributed by atoms with E-state index in [1.54, 1.807) is 30.3 Å². The van der Waals surface area contributed by atoms with Gasteiger partial charge in [-0.3, -0.25) is 9.59 Å². The standard InChI is InChI=1S/C22H21ClN2O3/c1-21(2,3)12-25-19(27)18(26)17(13-7-5-4-6-8-13)22(25)15-10-9-14(23)11-16(15)24-20(22)28/h4-11,26H,12H2,1-3H3,(H,24,28). The maximum absolute atomic E-state index is 13.4. The maximum atomic E-state index is 13.4. The highest BCUT2D eigenvalue weighted by molar-refractivity contribution is 6.31. The fourth-order valence-electron chi connectivity index (χ4n) is 4.10. The number of aliphatic hydroxyl groups is 1. The molecule has 1 atom stereocenters. The van der Waals surface area contributed by atoms with Gasteiger partial charge in [0.05, 0.1) is 0 Å². The van der Waals surface area contributed by atoms with E-state index in [9.17, 15) is 14.7 Å². The number of benzene rings is 2. The quantitative estimate of drug-likeness (QED) is 0.793. The predicted octanol–water partition coefficient (Wildman–Crippen LogP) is 4.35. The molecule has 28 heavy (non-hydrogen) atoms. The van der Waals surface area contributed by atoms with Crippen LogP contribution < -0.4 is 5.32 Å². The van der Waals surface area contributed by atoms with Crippen molar-refractivity contribution in [3.63, 3.8) is 0 Å². The van der Waals surface area contributed by atoms with Crippen LogP contribution in [0.3, 0.4) is 0 Å². The van der Waals surface area contributed by atoms with Crippen LogP contribution in [0.1, 0.15) is 31.9 Å². The van der Waals surface area contributed by atoms with Gasteiger partial charge in [-0.05, 0) is 23.1 Å². The van der Waals surface area contributed by atoms with Gasteiger partial charge < -0.3 is 15.3 Å². The Bertz CT molecular complexity index is 1020. The molecule has 2 N–H and O–H groups in total. The lowest BCUT2D eigenvalue weighted by Crippen LogP contribution is -2.52. The summed E-state index contributed by atoms with van der Waals surface area (Å²) < 4.78 is 0. The van der Waals surface area contributed by atoms with Crippen molar-refractivity contribution in [1.29, 1.82) is 0 Å². The minimum atomic E-state index is -1.43. The molecule has 1 unspecified atom stereocenters. The lowest BCUT2D eigenvalue weighted by molar-refractivity contribution is -0.139. The van der Waals surface area contributed by atoms with Gasteiger partial charge in [-0.1, -0.05) is 68.8 Å². The summed E-state index contributed by atoms with van der Waals surface area (Å²) in [6.45, 7) is 6.26. The minimum absolute atomic E-state index is 0.287. The van der Waals surface area contributed by atoms with Crippen molar-refractivity contribution in [2.75, 3.05) is 11.9 Å². The summed E-state index contributed by atoms with van der Waals surface area (Å²) in [7, 11) is 0. The maximum Gasteiger partial charge on any atom is 0.290 e. The predicted molar refractivity (Wildman–Crippen MR) is 109 cm³/mol. The highest BCUT2D eigenvalue weighted by Crippen LogP contribution is 2.54. The molecule has 0 saturated carbocycles. The van der Waals surface area contributed by atoms with Gasteiger partial charge in [-0.15, -0.1) is 0 Å². The number of carbonyl (C=O) groups is 2. The molecule has 6 heteroatoms. The van der Waals surface area contributed by atoms with Crippen molar-refractivity contribution in [2.24, 2.45) is 5.41 Å². The number of hydrogen-bond acceptors (Lipinski definition) is 3. The summed E-state index contributed by atoms with van der Waals surface area (Å²) >= 11 is 6.13. The fourth-order valence-corrected chi connectivity index (χ4v) is 4.27. The first kappa shape index (κ1) is 18.6. The van der Waals surface area contributed by atoms with Gasteiger partial charge in [0.1, 0.15) is 0 Å². The van der Waals surface area contributed by atoms with Crippen LogP contribution in [0.2, 0.25) is 5.02 Å². The summed E-state index contributed by atoms with van der Waals surface area (Å²) in [4.78, 5) is 28.1. The fraction of sp³-hybridized carbons (Fsp3) is 0.273. The Morgan fingerprint density at radius 2 is 1.79 bits per heavy atom. The van der Waals surface area contributed by atoms with Crippen LogP contribution in [0, 0.1) is 5.41 Å². The molecular weight excluding hydrogens is 376 g/mol. The molecule has 0 bridgehead atoms. The number of anilines is 1. The second kappa shape index (κ2) is 6.11. The molecule has 0 aromatic heterocycles. The topological polar surface area (TPSA) is 69.6 Å². The number of amides is 2. The molecule has 4 rings (SSSR count). The molecule has 1 spiro atoms. The molecule has 2 aliphatic heterocycles. The van der Waals surface area contributed by atoms with Crippen molar-refractivity contribution < 1.29 is 14.7 Å². The van der Waals surface area contributed by atoms with E-state index in [2.05, 4.69) is 5.32 Å². The largest absolute Gasteiger partial charge is 0.503 e. The van der Waals surface area contributed by atoms with Gasteiger partial charge in [0.2, 0.25) is 0 Å². The zero-order chi connectivity index (χ0) is 20.3. The summed E-state index contributed by atoms with van der Waals surface area (Å²) in [5.74, 6) is -1.31. The first-order valence-electron chi connectivity index (χ1n) is 9.09. The van der Waals surface area contributed by atoms with Crippen molar-refractivity contribution in [2.45, 2.75) is 26.3 Å². The lowest BCUT2D eigenvalue weighted by atomic mass is 9.79. The highest BCUT2D eigenvalue weighted by Gasteiger charge is 2.62. The third kappa shape index (κ3) is 2.53. The Kier molecular flexibility index (Phi) is 4.05. The van der Waals surface area contributed by atoms with E-state index in [0.29, 0.717) is 34.0 Å². The molecule has 2 aromatic rings. The van der Waals surface area contributed by atoms with Crippen LogP contribution in [0.25, 0.3) is 5.57 Å². The first-order valence-corrected chi connectivity index (χ1v) is 9.46. The molecule has 2 aliphatic rings. The molecule has 0 saturated heterocycles. The Labute approximate surface area is 168 Å². The number of halogens is 1. The van der Waals surface area contributed by atoms with Crippen LogP contribution in [-0.2, 0) is 15.1 Å². The van der Waals surface area contributed by atoms with E-state index in [-0.39, 0.29) is 11.3 Å². The van der Waals surface area contributed by atoms with Crippen LogP contribution in [-0.4, -0.2) is 28.4 Å². The average Bonchev–Trinajstić information content (AvgIpc) is 3.02. The first-order chi connectivity index (χ1) is 13.2. The minimum Gasteiger partial charge on any atom is -0.503 e. The van der Waals surface area contributed by atoms with E-state index in [1.165, 1.54) is 4.90 Å². The molecule has 5 nitrogen and oxygen atoms in total. The van der Waals surface area contributed by atoms with E-state index < -0.39 is 17.2 Å². The van der Waals surface area contributed by atoms with E-state index >= 15 is 0 Å². The number of carbonyl (C=O) groups excluding carboxylic acids is 2. The van der Waals surface area contributed by atoms with E-state index in [4.69, 9.17) is 11.6 Å². The zero-order valence-corrected chi connectivity index (χ0v) is 16.7. The Hall–Kier alpha value is -2.79. The van der Waals surface area contributed by atoms with Gasteiger partial charge >= 0.3 is 0 Å². The Balaban J connectivity index is 2.04. The normalized spacial score (nSPS) is 21.5. The smallest absolute Gasteiger partial charge is 0.290 e. The number of fused-ring (bicyclic) bond motifs is 2. The highest BCUT2D eigenvalue weighted by atomic mass is 35.5. The molecule has 0 fully saturated rings.